The molecular formula is C17H17N7O2. The minimum atomic E-state index is -0.444. The number of nitro benzene ring substituents is 1. The number of hydrogen-bond acceptors (Lipinski definition) is 7. The zero-order valence-electron chi connectivity index (χ0n) is 14.5. The lowest BCUT2D eigenvalue weighted by Gasteiger charge is -2.08. The van der Waals surface area contributed by atoms with E-state index in [9.17, 15) is 10.1 Å². The second-order valence-electron chi connectivity index (χ2n) is 5.72. The third-order valence-corrected chi connectivity index (χ3v) is 3.61. The minimum absolute atomic E-state index is 0.0212. The molecule has 0 radical (unpaired) electrons. The third kappa shape index (κ3) is 3.72. The van der Waals surface area contributed by atoms with Crippen molar-refractivity contribution in [2.75, 3.05) is 5.43 Å². The highest BCUT2D eigenvalue weighted by Gasteiger charge is 2.16. The summed E-state index contributed by atoms with van der Waals surface area (Å²) in [5, 5.41) is 15.5. The van der Waals surface area contributed by atoms with Crippen molar-refractivity contribution in [3.8, 4) is 0 Å². The normalized spacial score (nSPS) is 11.4. The molecule has 0 fully saturated rings. The first-order chi connectivity index (χ1) is 12.4. The van der Waals surface area contributed by atoms with Crippen molar-refractivity contribution in [2.45, 2.75) is 13.8 Å². The van der Waals surface area contributed by atoms with Crippen LogP contribution in [0.2, 0.25) is 0 Å². The summed E-state index contributed by atoms with van der Waals surface area (Å²) in [6.45, 7) is 3.73. The summed E-state index contributed by atoms with van der Waals surface area (Å²) >= 11 is 0. The van der Waals surface area contributed by atoms with Crippen LogP contribution in [0.1, 0.15) is 22.8 Å². The Labute approximate surface area is 149 Å². The maximum Gasteiger partial charge on any atom is 0.270 e. The molecule has 9 heteroatoms. The molecule has 0 atom stereocenters. The van der Waals surface area contributed by atoms with Crippen molar-refractivity contribution >= 4 is 17.3 Å². The van der Waals surface area contributed by atoms with E-state index in [1.165, 1.54) is 12.1 Å². The maximum atomic E-state index is 11.1. The Bertz CT molecular complexity index is 974. The quantitative estimate of drug-likeness (QED) is 0.430. The van der Waals surface area contributed by atoms with Crippen LogP contribution in [-0.4, -0.2) is 30.2 Å². The van der Waals surface area contributed by atoms with Crippen molar-refractivity contribution in [1.29, 1.82) is 0 Å². The zero-order chi connectivity index (χ0) is 18.7. The molecule has 0 saturated carbocycles. The van der Waals surface area contributed by atoms with Crippen molar-refractivity contribution < 1.29 is 4.92 Å². The molecule has 0 amide bonds. The Morgan fingerprint density at radius 3 is 2.58 bits per heavy atom. The van der Waals surface area contributed by atoms with Gasteiger partial charge in [0.25, 0.3) is 5.69 Å². The summed E-state index contributed by atoms with van der Waals surface area (Å²) < 4.78 is 1.78. The smallest absolute Gasteiger partial charge is 0.270 e. The van der Waals surface area contributed by atoms with E-state index in [1.54, 1.807) is 29.1 Å². The average Bonchev–Trinajstić information content (AvgIpc) is 3.00. The molecule has 2 aromatic heterocycles. The Kier molecular flexibility index (Phi) is 4.70. The monoisotopic (exact) mass is 351 g/mol. The highest BCUT2D eigenvalue weighted by atomic mass is 16.6. The molecule has 0 unspecified atom stereocenters. The fourth-order valence-electron chi connectivity index (χ4n) is 2.49. The molecule has 1 aromatic carbocycles. The van der Waals surface area contributed by atoms with Gasteiger partial charge in [-0.2, -0.15) is 5.10 Å². The van der Waals surface area contributed by atoms with Gasteiger partial charge in [-0.15, -0.1) is 0 Å². The van der Waals surface area contributed by atoms with Crippen molar-refractivity contribution in [3.63, 3.8) is 0 Å². The number of nitrogens with zero attached hydrogens (tertiary/aromatic N) is 6. The van der Waals surface area contributed by atoms with E-state index < -0.39 is 4.92 Å². The van der Waals surface area contributed by atoms with E-state index in [4.69, 9.17) is 0 Å². The molecule has 132 valence electrons. The molecule has 0 aliphatic rings. The zero-order valence-corrected chi connectivity index (χ0v) is 14.5. The Hall–Kier alpha value is -3.62. The lowest BCUT2D eigenvalue weighted by Crippen LogP contribution is -2.13. The van der Waals surface area contributed by atoms with E-state index >= 15 is 0 Å². The molecule has 0 aliphatic carbocycles. The SMILES string of the molecule is Cc1cc(C)nc(NN=C(c2cccc([N+](=O)[O-])c2)c2nccn2C)n1. The highest BCUT2D eigenvalue weighted by Crippen LogP contribution is 2.17. The van der Waals surface area contributed by atoms with Gasteiger partial charge in [0, 0.05) is 48.5 Å². The molecule has 0 bridgehead atoms. The maximum absolute atomic E-state index is 11.1. The minimum Gasteiger partial charge on any atom is -0.333 e. The van der Waals surface area contributed by atoms with E-state index in [2.05, 4.69) is 25.5 Å². The van der Waals surface area contributed by atoms with E-state index in [-0.39, 0.29) is 5.69 Å². The topological polar surface area (TPSA) is 111 Å². The largest absolute Gasteiger partial charge is 0.333 e. The predicted octanol–water partition coefficient (Wildman–Crippen LogP) is 2.60. The number of non-ortho nitro benzene ring substituents is 1. The lowest BCUT2D eigenvalue weighted by atomic mass is 10.1. The number of rotatable bonds is 5. The fourth-order valence-corrected chi connectivity index (χ4v) is 2.49. The molecule has 9 nitrogen and oxygen atoms in total. The van der Waals surface area contributed by atoms with E-state index in [1.807, 2.05) is 27.0 Å². The van der Waals surface area contributed by atoms with Gasteiger partial charge in [-0.25, -0.2) is 20.4 Å². The first-order valence-electron chi connectivity index (χ1n) is 7.82. The number of aromatic nitrogens is 4. The number of anilines is 1. The molecule has 3 aromatic rings. The van der Waals surface area contributed by atoms with Crippen LogP contribution in [0.25, 0.3) is 0 Å². The van der Waals surface area contributed by atoms with Crippen LogP contribution in [-0.2, 0) is 7.05 Å². The summed E-state index contributed by atoms with van der Waals surface area (Å²) in [5.41, 5.74) is 5.44. The van der Waals surface area contributed by atoms with Crippen LogP contribution >= 0.6 is 0 Å². The number of hydrogen-bond donors (Lipinski definition) is 1. The van der Waals surface area contributed by atoms with Gasteiger partial charge in [0.1, 0.15) is 5.71 Å². The number of imidazole rings is 1. The van der Waals surface area contributed by atoms with Crippen LogP contribution in [0.15, 0.2) is 47.8 Å². The van der Waals surface area contributed by atoms with Crippen LogP contribution < -0.4 is 5.43 Å². The van der Waals surface area contributed by atoms with Gasteiger partial charge in [0.05, 0.1) is 4.92 Å². The molecule has 0 aliphatic heterocycles. The van der Waals surface area contributed by atoms with Crippen molar-refractivity contribution in [1.82, 2.24) is 19.5 Å². The van der Waals surface area contributed by atoms with Gasteiger partial charge >= 0.3 is 0 Å². The number of hydrazone groups is 1. The Morgan fingerprint density at radius 1 is 1.23 bits per heavy atom. The average molecular weight is 351 g/mol. The molecule has 26 heavy (non-hydrogen) atoms. The van der Waals surface area contributed by atoms with Gasteiger partial charge in [0.2, 0.25) is 5.95 Å². The summed E-state index contributed by atoms with van der Waals surface area (Å²) in [6, 6.07) is 8.09. The van der Waals surface area contributed by atoms with Crippen molar-refractivity contribution in [2.24, 2.45) is 12.1 Å². The second kappa shape index (κ2) is 7.09. The van der Waals surface area contributed by atoms with Crippen LogP contribution in [0.4, 0.5) is 11.6 Å². The molecular weight excluding hydrogens is 334 g/mol. The Morgan fingerprint density at radius 2 is 1.96 bits per heavy atom. The van der Waals surface area contributed by atoms with Gasteiger partial charge in [-0.05, 0) is 19.9 Å². The predicted molar refractivity (Wildman–Crippen MR) is 97.1 cm³/mol. The molecule has 2 heterocycles. The number of nitro groups is 1. The fraction of sp³-hybridized carbons (Fsp3) is 0.176. The second-order valence-corrected chi connectivity index (χ2v) is 5.72. The molecule has 0 saturated heterocycles. The van der Waals surface area contributed by atoms with Crippen LogP contribution in [0.3, 0.4) is 0 Å². The van der Waals surface area contributed by atoms with Gasteiger partial charge in [0.15, 0.2) is 5.82 Å². The van der Waals surface area contributed by atoms with Gasteiger partial charge in [-0.1, -0.05) is 12.1 Å². The standard InChI is InChI=1S/C17H17N7O2/c1-11-9-12(2)20-17(19-11)22-21-15(16-18-7-8-23(16)3)13-5-4-6-14(10-13)24(25)26/h4-10H,1-3H3,(H,19,20,22). The highest BCUT2D eigenvalue weighted by molar-refractivity contribution is 6.11. The third-order valence-electron chi connectivity index (χ3n) is 3.61. The Balaban J connectivity index is 2.05. The first-order valence-corrected chi connectivity index (χ1v) is 7.82. The first kappa shape index (κ1) is 17.2. The molecule has 0 spiro atoms. The van der Waals surface area contributed by atoms with E-state index in [0.717, 1.165) is 11.4 Å². The number of benzene rings is 1. The van der Waals surface area contributed by atoms with Gasteiger partial charge in [-0.3, -0.25) is 10.1 Å². The van der Waals surface area contributed by atoms with E-state index in [0.29, 0.717) is 23.0 Å². The van der Waals surface area contributed by atoms with Gasteiger partial charge < -0.3 is 4.57 Å². The number of aryl methyl sites for hydroxylation is 3. The summed E-state index contributed by atoms with van der Waals surface area (Å²) in [5.74, 6) is 0.905. The van der Waals surface area contributed by atoms with Crippen molar-refractivity contribution in [3.05, 3.63) is 75.6 Å². The lowest BCUT2D eigenvalue weighted by molar-refractivity contribution is -0.384. The molecule has 3 rings (SSSR count). The number of nitrogens with one attached hydrogen (secondary N) is 1. The molecule has 1 N–H and O–H groups in total. The van der Waals surface area contributed by atoms with Crippen LogP contribution in [0, 0.1) is 24.0 Å². The summed E-state index contributed by atoms with van der Waals surface area (Å²) in [4.78, 5) is 23.5. The summed E-state index contributed by atoms with van der Waals surface area (Å²) in [7, 11) is 1.82. The van der Waals surface area contributed by atoms with Crippen LogP contribution in [0.5, 0.6) is 0 Å². The summed E-state index contributed by atoms with van der Waals surface area (Å²) in [6.07, 6.45) is 3.41.